The maximum atomic E-state index is 2.46. The Hall–Kier alpha value is -8.72. The maximum absolute atomic E-state index is 2.46. The molecular formula is C65H44N2. The van der Waals surface area contributed by atoms with Crippen molar-refractivity contribution in [3.63, 3.8) is 0 Å². The minimum atomic E-state index is -0.515. The molecule has 11 aromatic carbocycles. The van der Waals surface area contributed by atoms with E-state index in [2.05, 4.69) is 276 Å². The molecule has 2 heteroatoms. The van der Waals surface area contributed by atoms with E-state index in [0.717, 1.165) is 28.3 Å². The molecule has 0 aliphatic heterocycles. The Morgan fingerprint density at radius 2 is 0.866 bits per heavy atom. The van der Waals surface area contributed by atoms with Crippen LogP contribution >= 0.6 is 0 Å². The van der Waals surface area contributed by atoms with Gasteiger partial charge in [0.15, 0.2) is 0 Å². The molecule has 0 radical (unpaired) electrons. The van der Waals surface area contributed by atoms with Gasteiger partial charge < -0.3 is 9.47 Å². The van der Waals surface area contributed by atoms with Crippen molar-refractivity contribution in [1.82, 2.24) is 4.57 Å². The largest absolute Gasteiger partial charge is 0.310 e. The predicted molar refractivity (Wildman–Crippen MR) is 281 cm³/mol. The van der Waals surface area contributed by atoms with E-state index in [1.165, 1.54) is 82.6 Å². The van der Waals surface area contributed by atoms with E-state index in [1.807, 2.05) is 0 Å². The summed E-state index contributed by atoms with van der Waals surface area (Å²) < 4.78 is 2.45. The number of aromatic nitrogens is 1. The van der Waals surface area contributed by atoms with Crippen molar-refractivity contribution in [3.05, 3.63) is 289 Å². The summed E-state index contributed by atoms with van der Waals surface area (Å²) in [6.45, 7) is 0. The van der Waals surface area contributed by atoms with Crippen LogP contribution in [0, 0.1) is 0 Å². The van der Waals surface area contributed by atoms with Gasteiger partial charge >= 0.3 is 0 Å². The van der Waals surface area contributed by atoms with Crippen molar-refractivity contribution in [1.29, 1.82) is 0 Å². The summed E-state index contributed by atoms with van der Waals surface area (Å²) >= 11 is 0. The number of anilines is 3. The van der Waals surface area contributed by atoms with Crippen molar-refractivity contribution >= 4 is 49.6 Å². The van der Waals surface area contributed by atoms with E-state index in [9.17, 15) is 0 Å². The van der Waals surface area contributed by atoms with Crippen molar-refractivity contribution < 1.29 is 0 Å². The first kappa shape index (κ1) is 38.7. The third kappa shape index (κ3) is 6.18. The van der Waals surface area contributed by atoms with Crippen LogP contribution < -0.4 is 4.90 Å². The van der Waals surface area contributed by atoms with Crippen LogP contribution in [0.25, 0.3) is 71.6 Å². The van der Waals surface area contributed by atoms with E-state index >= 15 is 0 Å². The van der Waals surface area contributed by atoms with Crippen LogP contribution in [0.4, 0.5) is 17.1 Å². The van der Waals surface area contributed by atoms with Gasteiger partial charge in [0.05, 0.1) is 16.4 Å². The molecule has 0 amide bonds. The van der Waals surface area contributed by atoms with Gasteiger partial charge in [-0.3, -0.25) is 0 Å². The van der Waals surface area contributed by atoms with Crippen LogP contribution in [0.3, 0.4) is 0 Å². The first-order valence-electron chi connectivity index (χ1n) is 23.2. The minimum absolute atomic E-state index is 0.515. The van der Waals surface area contributed by atoms with Gasteiger partial charge in [-0.05, 0) is 116 Å². The Bertz CT molecular complexity index is 3740. The van der Waals surface area contributed by atoms with E-state index in [1.54, 1.807) is 0 Å². The maximum Gasteiger partial charge on any atom is 0.0714 e. The average molecular weight is 853 g/mol. The van der Waals surface area contributed by atoms with Gasteiger partial charge in [-0.2, -0.15) is 0 Å². The SMILES string of the molecule is c1ccc(-c2cccc(N(c3ccc(-c4ccc5c6ccc7ccccc7c6n(-c6ccccc6)c5c4)cc3)c3ccc4c(c3)C(c3ccccc3)(c3ccccc3)c3ccccc3-4)c2)cc1. The summed E-state index contributed by atoms with van der Waals surface area (Å²) in [7, 11) is 0. The lowest BCUT2D eigenvalue weighted by Crippen LogP contribution is -2.28. The van der Waals surface area contributed by atoms with Gasteiger partial charge in [0.2, 0.25) is 0 Å². The van der Waals surface area contributed by atoms with E-state index in [4.69, 9.17) is 0 Å². The standard InChI is InChI=1S/C65H44N2/c1-5-18-45(19-6-1)48-21-17-28-54(42-48)66(55-38-41-58-57-30-15-16-31-61(57)65(62(58)44-55,50-22-7-2-8-23-50)51-24-9-3-10-25-51)53-36-32-46(33-37-53)49-35-39-59-60-40-34-47-20-13-14-29-56(47)64(60)67(63(59)43-49)52-26-11-4-12-27-52/h1-44H. The summed E-state index contributed by atoms with van der Waals surface area (Å²) in [5.74, 6) is 0. The zero-order valence-electron chi connectivity index (χ0n) is 36.8. The van der Waals surface area contributed by atoms with Gasteiger partial charge in [0, 0.05) is 38.9 Å². The average Bonchev–Trinajstić information content (AvgIpc) is 3.90. The third-order valence-electron chi connectivity index (χ3n) is 14.0. The van der Waals surface area contributed by atoms with Crippen LogP contribution in [0.1, 0.15) is 22.3 Å². The monoisotopic (exact) mass is 852 g/mol. The highest BCUT2D eigenvalue weighted by molar-refractivity contribution is 6.19. The molecule has 2 nitrogen and oxygen atoms in total. The van der Waals surface area contributed by atoms with Crippen molar-refractivity contribution in [2.75, 3.05) is 4.90 Å². The number of para-hydroxylation sites is 1. The molecule has 12 aromatic rings. The Balaban J connectivity index is 0.990. The van der Waals surface area contributed by atoms with Crippen molar-refractivity contribution in [3.8, 4) is 39.1 Å². The highest BCUT2D eigenvalue weighted by atomic mass is 15.1. The molecule has 1 aliphatic carbocycles. The molecule has 67 heavy (non-hydrogen) atoms. The van der Waals surface area contributed by atoms with E-state index in [-0.39, 0.29) is 0 Å². The number of fused-ring (bicyclic) bond motifs is 8. The molecular weight excluding hydrogens is 809 g/mol. The second-order valence-electron chi connectivity index (χ2n) is 17.6. The Morgan fingerprint density at radius 3 is 1.63 bits per heavy atom. The lowest BCUT2D eigenvalue weighted by Gasteiger charge is -2.35. The minimum Gasteiger partial charge on any atom is -0.310 e. The molecule has 1 heterocycles. The molecule has 314 valence electrons. The highest BCUT2D eigenvalue weighted by Crippen LogP contribution is 2.57. The van der Waals surface area contributed by atoms with Gasteiger partial charge in [-0.25, -0.2) is 0 Å². The third-order valence-corrected chi connectivity index (χ3v) is 14.0. The van der Waals surface area contributed by atoms with Crippen LogP contribution in [0.2, 0.25) is 0 Å². The van der Waals surface area contributed by atoms with Gasteiger partial charge in [-0.1, -0.05) is 212 Å². The second kappa shape index (κ2) is 15.8. The number of benzene rings is 11. The van der Waals surface area contributed by atoms with E-state index < -0.39 is 5.41 Å². The molecule has 1 aromatic heterocycles. The molecule has 0 unspecified atom stereocenters. The molecule has 0 spiro atoms. The van der Waals surface area contributed by atoms with Crippen LogP contribution in [-0.2, 0) is 5.41 Å². The lowest BCUT2D eigenvalue weighted by atomic mass is 9.67. The Labute approximate surface area is 390 Å². The summed E-state index contributed by atoms with van der Waals surface area (Å²) in [4.78, 5) is 2.43. The van der Waals surface area contributed by atoms with Crippen LogP contribution in [0.15, 0.2) is 267 Å². The first-order chi connectivity index (χ1) is 33.2. The number of hydrogen-bond acceptors (Lipinski definition) is 1. The fraction of sp³-hybridized carbons (Fsp3) is 0.0154. The fourth-order valence-electron chi connectivity index (χ4n) is 11.1. The number of rotatable bonds is 8. The predicted octanol–water partition coefficient (Wildman–Crippen LogP) is 17.1. The zero-order chi connectivity index (χ0) is 44.3. The van der Waals surface area contributed by atoms with Crippen molar-refractivity contribution in [2.45, 2.75) is 5.41 Å². The Kier molecular flexibility index (Phi) is 9.11. The molecule has 0 saturated heterocycles. The van der Waals surface area contributed by atoms with Gasteiger partial charge in [-0.15, -0.1) is 0 Å². The molecule has 1 aliphatic rings. The fourth-order valence-corrected chi connectivity index (χ4v) is 11.1. The quantitative estimate of drug-likeness (QED) is 0.148. The molecule has 0 bridgehead atoms. The van der Waals surface area contributed by atoms with Crippen LogP contribution in [0.5, 0.6) is 0 Å². The zero-order valence-corrected chi connectivity index (χ0v) is 36.8. The summed E-state index contributed by atoms with van der Waals surface area (Å²) in [6, 6.07) is 98.0. The molecule has 0 fully saturated rings. The topological polar surface area (TPSA) is 8.17 Å². The second-order valence-corrected chi connectivity index (χ2v) is 17.6. The summed E-state index contributed by atoms with van der Waals surface area (Å²) in [6.07, 6.45) is 0. The van der Waals surface area contributed by atoms with E-state index in [0.29, 0.717) is 0 Å². The van der Waals surface area contributed by atoms with Crippen molar-refractivity contribution in [2.24, 2.45) is 0 Å². The molecule has 0 N–H and O–H groups in total. The Morgan fingerprint density at radius 1 is 0.313 bits per heavy atom. The molecule has 0 atom stereocenters. The number of nitrogens with zero attached hydrogens (tertiary/aromatic N) is 2. The van der Waals surface area contributed by atoms with Gasteiger partial charge in [0.25, 0.3) is 0 Å². The smallest absolute Gasteiger partial charge is 0.0714 e. The molecule has 0 saturated carbocycles. The first-order valence-corrected chi connectivity index (χ1v) is 23.2. The lowest BCUT2D eigenvalue weighted by molar-refractivity contribution is 0.768. The highest BCUT2D eigenvalue weighted by Gasteiger charge is 2.46. The normalized spacial score (nSPS) is 12.6. The molecule has 13 rings (SSSR count). The summed E-state index contributed by atoms with van der Waals surface area (Å²) in [5, 5.41) is 5.00. The van der Waals surface area contributed by atoms with Gasteiger partial charge in [0.1, 0.15) is 0 Å². The number of hydrogen-bond donors (Lipinski definition) is 0. The van der Waals surface area contributed by atoms with Crippen LogP contribution in [-0.4, -0.2) is 4.57 Å². The summed E-state index contributed by atoms with van der Waals surface area (Å²) in [5.41, 5.74) is 18.7.